The average Bonchev–Trinajstić information content (AvgIpc) is 2.66. The van der Waals surface area contributed by atoms with Gasteiger partial charge >= 0.3 is 0 Å². The maximum Gasteiger partial charge on any atom is 0.253 e. The minimum atomic E-state index is 0. The molecule has 6 heteroatoms. The maximum atomic E-state index is 12.1. The fourth-order valence-electron chi connectivity index (χ4n) is 2.74. The molecule has 2 rings (SSSR count). The molecule has 28 heavy (non-hydrogen) atoms. The van der Waals surface area contributed by atoms with E-state index in [1.165, 1.54) is 11.1 Å². The number of aryl methyl sites for hydroxylation is 1. The number of nitrogens with one attached hydrogen (secondary N) is 2. The van der Waals surface area contributed by atoms with E-state index in [1.807, 2.05) is 36.4 Å². The van der Waals surface area contributed by atoms with Crippen molar-refractivity contribution in [2.75, 3.05) is 27.2 Å². The van der Waals surface area contributed by atoms with Gasteiger partial charge in [-0.3, -0.25) is 4.79 Å². The summed E-state index contributed by atoms with van der Waals surface area (Å²) in [5, 5.41) is 6.66. The number of amides is 1. The largest absolute Gasteiger partial charge is 0.357 e. The SMILES string of the molecule is CCNC(=NCc1ccccc1C)NCCc1cccc(C(=O)N(C)C)c1.I. The van der Waals surface area contributed by atoms with E-state index < -0.39 is 0 Å². The summed E-state index contributed by atoms with van der Waals surface area (Å²) in [6.07, 6.45) is 0.823. The highest BCUT2D eigenvalue weighted by molar-refractivity contribution is 14.0. The molecule has 0 saturated heterocycles. The van der Waals surface area contributed by atoms with Gasteiger partial charge in [-0.2, -0.15) is 0 Å². The van der Waals surface area contributed by atoms with Gasteiger partial charge in [0.25, 0.3) is 5.91 Å². The molecule has 0 heterocycles. The van der Waals surface area contributed by atoms with Crippen molar-refractivity contribution >= 4 is 35.8 Å². The van der Waals surface area contributed by atoms with E-state index >= 15 is 0 Å². The zero-order valence-corrected chi connectivity index (χ0v) is 19.5. The van der Waals surface area contributed by atoms with E-state index in [0.29, 0.717) is 6.54 Å². The molecule has 0 fully saturated rings. The first-order chi connectivity index (χ1) is 13.0. The molecule has 152 valence electrons. The predicted molar refractivity (Wildman–Crippen MR) is 128 cm³/mol. The van der Waals surface area contributed by atoms with Crippen molar-refractivity contribution in [3.63, 3.8) is 0 Å². The number of rotatable bonds is 7. The van der Waals surface area contributed by atoms with E-state index in [1.54, 1.807) is 19.0 Å². The first-order valence-electron chi connectivity index (χ1n) is 9.38. The number of halogens is 1. The number of nitrogens with zero attached hydrogens (tertiary/aromatic N) is 2. The molecule has 0 unspecified atom stereocenters. The van der Waals surface area contributed by atoms with Gasteiger partial charge in [0.1, 0.15) is 0 Å². The van der Waals surface area contributed by atoms with Crippen LogP contribution in [0.3, 0.4) is 0 Å². The van der Waals surface area contributed by atoms with Crippen molar-refractivity contribution < 1.29 is 4.79 Å². The number of guanidine groups is 1. The summed E-state index contributed by atoms with van der Waals surface area (Å²) < 4.78 is 0. The molecule has 0 aliphatic rings. The third-order valence-corrected chi connectivity index (χ3v) is 4.30. The van der Waals surface area contributed by atoms with Gasteiger partial charge in [0.05, 0.1) is 6.54 Å². The van der Waals surface area contributed by atoms with Gasteiger partial charge in [0.15, 0.2) is 5.96 Å². The molecule has 5 nitrogen and oxygen atoms in total. The summed E-state index contributed by atoms with van der Waals surface area (Å²) in [5.74, 6) is 0.833. The molecule has 0 bridgehead atoms. The van der Waals surface area contributed by atoms with Gasteiger partial charge in [0.2, 0.25) is 0 Å². The van der Waals surface area contributed by atoms with Gasteiger partial charge in [0, 0.05) is 32.7 Å². The normalized spacial score (nSPS) is 10.8. The van der Waals surface area contributed by atoms with E-state index in [4.69, 9.17) is 0 Å². The van der Waals surface area contributed by atoms with Crippen LogP contribution in [0.5, 0.6) is 0 Å². The van der Waals surface area contributed by atoms with Crippen LogP contribution in [0.1, 0.15) is 34.0 Å². The standard InChI is InChI=1S/C22H30N4O.HI/c1-5-23-22(25-16-20-11-7-6-9-17(20)2)24-14-13-18-10-8-12-19(15-18)21(27)26(3)4;/h6-12,15H,5,13-14,16H2,1-4H3,(H2,23,24,25);1H. The smallest absolute Gasteiger partial charge is 0.253 e. The number of hydrogen-bond donors (Lipinski definition) is 2. The predicted octanol–water partition coefficient (Wildman–Crippen LogP) is 3.61. The number of hydrogen-bond acceptors (Lipinski definition) is 2. The monoisotopic (exact) mass is 494 g/mol. The second kappa shape index (κ2) is 12.4. The second-order valence-corrected chi connectivity index (χ2v) is 6.70. The molecular formula is C22H31IN4O. The first-order valence-corrected chi connectivity index (χ1v) is 9.38. The van der Waals surface area contributed by atoms with Gasteiger partial charge in [-0.25, -0.2) is 4.99 Å². The molecule has 0 spiro atoms. The molecule has 1 amide bonds. The highest BCUT2D eigenvalue weighted by Gasteiger charge is 2.08. The summed E-state index contributed by atoms with van der Waals surface area (Å²) in [5.41, 5.74) is 4.33. The Bertz CT molecular complexity index is 790. The van der Waals surface area contributed by atoms with E-state index in [-0.39, 0.29) is 29.9 Å². The minimum Gasteiger partial charge on any atom is -0.357 e. The summed E-state index contributed by atoms with van der Waals surface area (Å²) in [7, 11) is 3.54. The Kier molecular flexibility index (Phi) is 10.6. The summed E-state index contributed by atoms with van der Waals surface area (Å²) in [6, 6.07) is 16.1. The van der Waals surface area contributed by atoms with E-state index in [0.717, 1.165) is 36.6 Å². The third-order valence-electron chi connectivity index (χ3n) is 4.30. The second-order valence-electron chi connectivity index (χ2n) is 6.70. The number of benzene rings is 2. The van der Waals surface area contributed by atoms with Crippen molar-refractivity contribution in [3.05, 3.63) is 70.8 Å². The Labute approximate surface area is 185 Å². The Morgan fingerprint density at radius 1 is 1.07 bits per heavy atom. The Hall–Kier alpha value is -2.09. The van der Waals surface area contributed by atoms with Crippen molar-refractivity contribution in [2.45, 2.75) is 26.8 Å². The molecule has 0 aromatic heterocycles. The van der Waals surface area contributed by atoms with Crippen LogP contribution in [0.25, 0.3) is 0 Å². The fraction of sp³-hybridized carbons (Fsp3) is 0.364. The molecular weight excluding hydrogens is 463 g/mol. The molecule has 2 aromatic rings. The molecule has 0 atom stereocenters. The van der Waals surface area contributed by atoms with Gasteiger partial charge in [-0.05, 0) is 49.1 Å². The van der Waals surface area contributed by atoms with Crippen LogP contribution in [0.15, 0.2) is 53.5 Å². The molecule has 0 radical (unpaired) electrons. The highest BCUT2D eigenvalue weighted by Crippen LogP contribution is 2.09. The van der Waals surface area contributed by atoms with Crippen LogP contribution in [0.4, 0.5) is 0 Å². The number of carbonyl (C=O) groups is 1. The van der Waals surface area contributed by atoms with Gasteiger partial charge in [-0.1, -0.05) is 36.4 Å². The van der Waals surface area contributed by atoms with Crippen LogP contribution in [0.2, 0.25) is 0 Å². The lowest BCUT2D eigenvalue weighted by Crippen LogP contribution is -2.38. The van der Waals surface area contributed by atoms with Crippen LogP contribution in [-0.2, 0) is 13.0 Å². The summed E-state index contributed by atoms with van der Waals surface area (Å²) in [6.45, 7) is 6.37. The van der Waals surface area contributed by atoms with Gasteiger partial charge in [-0.15, -0.1) is 24.0 Å². The van der Waals surface area contributed by atoms with Crippen molar-refractivity contribution in [3.8, 4) is 0 Å². The zero-order valence-electron chi connectivity index (χ0n) is 17.2. The van der Waals surface area contributed by atoms with Crippen LogP contribution in [-0.4, -0.2) is 44.0 Å². The van der Waals surface area contributed by atoms with Crippen molar-refractivity contribution in [1.82, 2.24) is 15.5 Å². The molecule has 2 aromatic carbocycles. The van der Waals surface area contributed by atoms with Crippen molar-refractivity contribution in [2.24, 2.45) is 4.99 Å². The maximum absolute atomic E-state index is 12.1. The van der Waals surface area contributed by atoms with Crippen molar-refractivity contribution in [1.29, 1.82) is 0 Å². The van der Waals surface area contributed by atoms with Gasteiger partial charge < -0.3 is 15.5 Å². The van der Waals surface area contributed by atoms with E-state index in [2.05, 4.69) is 41.6 Å². The molecule has 2 N–H and O–H groups in total. The summed E-state index contributed by atoms with van der Waals surface area (Å²) >= 11 is 0. The zero-order chi connectivity index (χ0) is 19.6. The molecule has 0 aliphatic carbocycles. The highest BCUT2D eigenvalue weighted by atomic mass is 127. The Balaban J connectivity index is 0.00000392. The summed E-state index contributed by atoms with van der Waals surface area (Å²) in [4.78, 5) is 18.4. The quantitative estimate of drug-likeness (QED) is 0.351. The fourth-order valence-corrected chi connectivity index (χ4v) is 2.74. The Morgan fingerprint density at radius 2 is 1.82 bits per heavy atom. The Morgan fingerprint density at radius 3 is 2.50 bits per heavy atom. The molecule has 0 saturated carbocycles. The number of aliphatic imine (C=N–C) groups is 1. The lowest BCUT2D eigenvalue weighted by molar-refractivity contribution is 0.0827. The van der Waals surface area contributed by atoms with Crippen LogP contribution >= 0.6 is 24.0 Å². The molecule has 0 aliphatic heterocycles. The third kappa shape index (κ3) is 7.50. The van der Waals surface area contributed by atoms with E-state index in [9.17, 15) is 4.79 Å². The topological polar surface area (TPSA) is 56.7 Å². The van der Waals surface area contributed by atoms with Crippen LogP contribution in [0, 0.1) is 6.92 Å². The average molecular weight is 494 g/mol. The van der Waals surface area contributed by atoms with Crippen LogP contribution < -0.4 is 10.6 Å². The minimum absolute atomic E-state index is 0. The number of carbonyl (C=O) groups excluding carboxylic acids is 1. The first kappa shape index (κ1) is 23.9. The lowest BCUT2D eigenvalue weighted by atomic mass is 10.1. The lowest BCUT2D eigenvalue weighted by Gasteiger charge is -2.13.